The van der Waals surface area contributed by atoms with E-state index in [9.17, 15) is 14.4 Å². The summed E-state index contributed by atoms with van der Waals surface area (Å²) in [6.07, 6.45) is -0.263. The number of carbonyl (C=O) groups excluding carboxylic acids is 3. The van der Waals surface area contributed by atoms with Crippen molar-refractivity contribution in [2.24, 2.45) is 5.92 Å². The van der Waals surface area contributed by atoms with Crippen LogP contribution in [0.5, 0.6) is 0 Å². The third-order valence-corrected chi connectivity index (χ3v) is 3.10. The Morgan fingerprint density at radius 2 is 1.84 bits per heavy atom. The Kier molecular flexibility index (Phi) is 3.92. The van der Waals surface area contributed by atoms with E-state index in [2.05, 4.69) is 16.2 Å². The first-order valence-corrected chi connectivity index (χ1v) is 6.07. The summed E-state index contributed by atoms with van der Waals surface area (Å²) in [5.41, 5.74) is 4.62. The maximum atomic E-state index is 11.8. The zero-order chi connectivity index (χ0) is 14.0. The van der Waals surface area contributed by atoms with Gasteiger partial charge in [-0.15, -0.1) is 0 Å². The van der Waals surface area contributed by atoms with Crippen molar-refractivity contribution in [3.05, 3.63) is 28.2 Å². The highest BCUT2D eigenvalue weighted by Crippen LogP contribution is 2.25. The average Bonchev–Trinajstić information content (AvgIpc) is 2.65. The van der Waals surface area contributed by atoms with Gasteiger partial charge in [-0.3, -0.25) is 25.2 Å². The van der Waals surface area contributed by atoms with Crippen LogP contribution in [0.3, 0.4) is 0 Å². The number of hydrazine groups is 1. The van der Waals surface area contributed by atoms with Crippen LogP contribution in [0.1, 0.15) is 6.42 Å². The normalized spacial score (nSPS) is 15.1. The number of hydrogen-bond donors (Lipinski definition) is 3. The van der Waals surface area contributed by atoms with Gasteiger partial charge in [0, 0.05) is 11.4 Å². The molecule has 100 valence electrons. The summed E-state index contributed by atoms with van der Waals surface area (Å²) < 4.78 is 0. The summed E-state index contributed by atoms with van der Waals surface area (Å²) >= 11 is 11.7. The Morgan fingerprint density at radius 1 is 1.21 bits per heavy atom. The second-order valence-corrected chi connectivity index (χ2v) is 4.75. The predicted octanol–water partition coefficient (Wildman–Crippen LogP) is 1.10. The second kappa shape index (κ2) is 5.46. The number of hydrogen-bond acceptors (Lipinski definition) is 3. The highest BCUT2D eigenvalue weighted by molar-refractivity contribution is 6.35. The number of amides is 3. The summed E-state index contributed by atoms with van der Waals surface area (Å²) in [7, 11) is 0. The van der Waals surface area contributed by atoms with Crippen LogP contribution in [0.4, 0.5) is 5.69 Å². The molecule has 0 spiro atoms. The molecule has 0 saturated carbocycles. The zero-order valence-corrected chi connectivity index (χ0v) is 11.0. The summed E-state index contributed by atoms with van der Waals surface area (Å²) in [6, 6.07) is 4.60. The quantitative estimate of drug-likeness (QED) is 0.731. The second-order valence-electron chi connectivity index (χ2n) is 3.91. The molecule has 1 saturated heterocycles. The van der Waals surface area contributed by atoms with Crippen LogP contribution in [0, 0.1) is 5.92 Å². The van der Waals surface area contributed by atoms with Crippen LogP contribution in [-0.4, -0.2) is 17.7 Å². The van der Waals surface area contributed by atoms with Gasteiger partial charge in [-0.2, -0.15) is 0 Å². The fourth-order valence-electron chi connectivity index (χ4n) is 1.58. The van der Waals surface area contributed by atoms with E-state index in [-0.39, 0.29) is 6.42 Å². The van der Waals surface area contributed by atoms with E-state index in [1.165, 1.54) is 12.1 Å². The minimum atomic E-state index is -1.03. The van der Waals surface area contributed by atoms with Gasteiger partial charge in [0.05, 0.1) is 10.7 Å². The standard InChI is InChI=1S/C11H9Cl2N3O3/c12-5-1-2-7(13)8(3-5)14-9(17)4-6-10(18)15-16-11(6)19/h1-3,6H,4H2,(H,14,17)(H,15,18)(H,16,19). The third kappa shape index (κ3) is 3.15. The van der Waals surface area contributed by atoms with Crippen LogP contribution in [0.25, 0.3) is 0 Å². The van der Waals surface area contributed by atoms with E-state index in [1.807, 2.05) is 0 Å². The lowest BCUT2D eigenvalue weighted by atomic mass is 10.1. The van der Waals surface area contributed by atoms with E-state index in [4.69, 9.17) is 23.2 Å². The Balaban J connectivity index is 2.03. The van der Waals surface area contributed by atoms with E-state index in [0.29, 0.717) is 15.7 Å². The molecular weight excluding hydrogens is 293 g/mol. The van der Waals surface area contributed by atoms with Gasteiger partial charge in [-0.05, 0) is 18.2 Å². The molecule has 1 aliphatic rings. The Labute approximate surface area is 118 Å². The molecule has 19 heavy (non-hydrogen) atoms. The largest absolute Gasteiger partial charge is 0.325 e. The van der Waals surface area contributed by atoms with Crippen LogP contribution >= 0.6 is 23.2 Å². The first-order chi connectivity index (χ1) is 8.97. The molecule has 0 aromatic heterocycles. The zero-order valence-electron chi connectivity index (χ0n) is 9.50. The Morgan fingerprint density at radius 3 is 2.47 bits per heavy atom. The fraction of sp³-hybridized carbons (Fsp3) is 0.182. The first-order valence-electron chi connectivity index (χ1n) is 5.32. The van der Waals surface area contributed by atoms with Gasteiger partial charge < -0.3 is 5.32 Å². The van der Waals surface area contributed by atoms with E-state index in [1.54, 1.807) is 6.07 Å². The van der Waals surface area contributed by atoms with Crippen LogP contribution in [0.2, 0.25) is 10.0 Å². The van der Waals surface area contributed by atoms with E-state index >= 15 is 0 Å². The van der Waals surface area contributed by atoms with Gasteiger partial charge in [0.25, 0.3) is 11.8 Å². The lowest BCUT2D eigenvalue weighted by Gasteiger charge is -2.08. The van der Waals surface area contributed by atoms with Crippen molar-refractivity contribution >= 4 is 46.6 Å². The van der Waals surface area contributed by atoms with Gasteiger partial charge in [0.1, 0.15) is 5.92 Å². The summed E-state index contributed by atoms with van der Waals surface area (Å²) in [4.78, 5) is 34.3. The lowest BCUT2D eigenvalue weighted by molar-refractivity contribution is -0.131. The maximum absolute atomic E-state index is 11.8. The van der Waals surface area contributed by atoms with Gasteiger partial charge >= 0.3 is 0 Å². The summed E-state index contributed by atoms with van der Waals surface area (Å²) in [5, 5.41) is 3.23. The Hall–Kier alpha value is -1.79. The highest BCUT2D eigenvalue weighted by Gasteiger charge is 2.34. The monoisotopic (exact) mass is 301 g/mol. The molecule has 8 heteroatoms. The van der Waals surface area contributed by atoms with Gasteiger partial charge in [0.15, 0.2) is 0 Å². The van der Waals surface area contributed by atoms with Crippen molar-refractivity contribution in [1.82, 2.24) is 10.9 Å². The average molecular weight is 302 g/mol. The topological polar surface area (TPSA) is 87.3 Å². The molecule has 0 radical (unpaired) electrons. The molecule has 0 aliphatic carbocycles. The highest BCUT2D eigenvalue weighted by atomic mass is 35.5. The minimum absolute atomic E-state index is 0.263. The SMILES string of the molecule is O=C(CC1C(=O)NNC1=O)Nc1cc(Cl)ccc1Cl. The molecule has 0 bridgehead atoms. The molecule has 3 N–H and O–H groups in total. The fourth-order valence-corrected chi connectivity index (χ4v) is 1.92. The molecule has 3 amide bonds. The van der Waals surface area contributed by atoms with Crippen LogP contribution in [0.15, 0.2) is 18.2 Å². The van der Waals surface area contributed by atoms with Gasteiger partial charge in [-0.25, -0.2) is 0 Å². The van der Waals surface area contributed by atoms with E-state index < -0.39 is 23.6 Å². The van der Waals surface area contributed by atoms with Crippen LogP contribution < -0.4 is 16.2 Å². The molecule has 0 atom stereocenters. The minimum Gasteiger partial charge on any atom is -0.325 e. The molecule has 1 aromatic carbocycles. The van der Waals surface area contributed by atoms with E-state index in [0.717, 1.165) is 0 Å². The van der Waals surface area contributed by atoms with Crippen molar-refractivity contribution in [1.29, 1.82) is 0 Å². The molecule has 2 rings (SSSR count). The number of rotatable bonds is 3. The molecule has 6 nitrogen and oxygen atoms in total. The molecule has 1 heterocycles. The molecule has 1 aliphatic heterocycles. The van der Waals surface area contributed by atoms with Gasteiger partial charge in [-0.1, -0.05) is 23.2 Å². The smallest absolute Gasteiger partial charge is 0.251 e. The van der Waals surface area contributed by atoms with Crippen molar-refractivity contribution in [2.75, 3.05) is 5.32 Å². The summed E-state index contributed by atoms with van der Waals surface area (Å²) in [6.45, 7) is 0. The molecule has 1 aromatic rings. The number of carbonyl (C=O) groups is 3. The van der Waals surface area contributed by atoms with Crippen molar-refractivity contribution in [3.8, 4) is 0 Å². The van der Waals surface area contributed by atoms with Crippen molar-refractivity contribution < 1.29 is 14.4 Å². The number of nitrogens with one attached hydrogen (secondary N) is 3. The lowest BCUT2D eigenvalue weighted by Crippen LogP contribution is -2.28. The first kappa shape index (κ1) is 13.6. The number of halogens is 2. The van der Waals surface area contributed by atoms with Gasteiger partial charge in [0.2, 0.25) is 5.91 Å². The van der Waals surface area contributed by atoms with Crippen molar-refractivity contribution in [2.45, 2.75) is 6.42 Å². The predicted molar refractivity (Wildman–Crippen MR) is 69.5 cm³/mol. The Bertz CT molecular complexity index is 546. The number of anilines is 1. The molecule has 0 unspecified atom stereocenters. The van der Waals surface area contributed by atoms with Crippen molar-refractivity contribution in [3.63, 3.8) is 0 Å². The van der Waals surface area contributed by atoms with Crippen LogP contribution in [-0.2, 0) is 14.4 Å². The number of benzene rings is 1. The molecular formula is C11H9Cl2N3O3. The molecule has 1 fully saturated rings. The third-order valence-electron chi connectivity index (χ3n) is 2.53. The maximum Gasteiger partial charge on any atom is 0.251 e. The summed E-state index contributed by atoms with van der Waals surface area (Å²) in [5.74, 6) is -2.59.